The number of nitrogens with one attached hydrogen (secondary N) is 1. The minimum Gasteiger partial charge on any atom is -0.486 e. The number of aromatic nitrogens is 2. The summed E-state index contributed by atoms with van der Waals surface area (Å²) in [7, 11) is 0. The number of nitrogens with zero attached hydrogens (tertiary/aromatic N) is 2. The molecule has 1 saturated heterocycles. The van der Waals surface area contributed by atoms with Crippen LogP contribution in [0.4, 0.5) is 0 Å². The van der Waals surface area contributed by atoms with E-state index in [4.69, 9.17) is 18.9 Å². The Morgan fingerprint density at radius 2 is 2.10 bits per heavy atom. The third kappa shape index (κ3) is 3.32. The number of fused-ring (bicyclic) bond motifs is 2. The molecular formula is C23H21N3O4S. The van der Waals surface area contributed by atoms with Gasteiger partial charge in [0.1, 0.15) is 29.6 Å². The molecule has 0 saturated carbocycles. The molecule has 0 amide bonds. The first-order valence-electron chi connectivity index (χ1n) is 10.4. The summed E-state index contributed by atoms with van der Waals surface area (Å²) in [4.78, 5) is 23.8. The minimum absolute atomic E-state index is 0.122. The van der Waals surface area contributed by atoms with Gasteiger partial charge in [-0.3, -0.25) is 9.69 Å². The lowest BCUT2D eigenvalue weighted by atomic mass is 10.0. The summed E-state index contributed by atoms with van der Waals surface area (Å²) in [6.45, 7) is 2.73. The van der Waals surface area contributed by atoms with Crippen molar-refractivity contribution in [3.8, 4) is 22.8 Å². The molecule has 2 aliphatic heterocycles. The van der Waals surface area contributed by atoms with Crippen molar-refractivity contribution in [2.45, 2.75) is 25.4 Å². The van der Waals surface area contributed by atoms with Crippen molar-refractivity contribution in [1.82, 2.24) is 14.9 Å². The van der Waals surface area contributed by atoms with Gasteiger partial charge in [-0.2, -0.15) is 0 Å². The van der Waals surface area contributed by atoms with Crippen molar-refractivity contribution in [3.05, 3.63) is 63.7 Å². The lowest BCUT2D eigenvalue weighted by Crippen LogP contribution is -2.26. The van der Waals surface area contributed by atoms with Gasteiger partial charge in [-0.25, -0.2) is 4.98 Å². The number of benzene rings is 1. The average molecular weight is 436 g/mol. The molecule has 7 nitrogen and oxygen atoms in total. The van der Waals surface area contributed by atoms with E-state index >= 15 is 0 Å². The van der Waals surface area contributed by atoms with Crippen LogP contribution in [-0.2, 0) is 6.54 Å². The highest BCUT2D eigenvalue weighted by Gasteiger charge is 2.28. The number of aromatic amines is 1. The second kappa shape index (κ2) is 7.55. The van der Waals surface area contributed by atoms with E-state index in [1.165, 1.54) is 16.9 Å². The molecule has 158 valence electrons. The quantitative estimate of drug-likeness (QED) is 0.513. The molecule has 6 rings (SSSR count). The van der Waals surface area contributed by atoms with E-state index in [9.17, 15) is 4.79 Å². The zero-order valence-corrected chi connectivity index (χ0v) is 17.6. The number of H-pyrrole nitrogens is 1. The Balaban J connectivity index is 1.29. The van der Waals surface area contributed by atoms with E-state index in [1.807, 2.05) is 23.6 Å². The van der Waals surface area contributed by atoms with Crippen LogP contribution >= 0.6 is 11.3 Å². The van der Waals surface area contributed by atoms with Crippen LogP contribution in [-0.4, -0.2) is 34.6 Å². The van der Waals surface area contributed by atoms with Crippen molar-refractivity contribution in [3.63, 3.8) is 0 Å². The standard InChI is InChI=1S/C23H21N3O4S/c27-22-21-15(17-4-2-8-28-17)13-31-23(21)25-20(24-22)12-26-7-1-3-16(26)14-5-6-18-19(11-14)30-10-9-29-18/h2,4-6,8,11,13,16H,1,3,7,9-10,12H2,(H,24,25,27)/t16-/m1/s1. The average Bonchev–Trinajstić information content (AvgIpc) is 3.54. The van der Waals surface area contributed by atoms with Gasteiger partial charge in [-0.15, -0.1) is 11.3 Å². The molecule has 0 aliphatic carbocycles. The Hall–Kier alpha value is -3.10. The van der Waals surface area contributed by atoms with E-state index in [0.29, 0.717) is 36.7 Å². The molecule has 1 aromatic carbocycles. The molecule has 1 fully saturated rings. The number of rotatable bonds is 4. The van der Waals surface area contributed by atoms with E-state index in [2.05, 4.69) is 22.0 Å². The third-order valence-electron chi connectivity index (χ3n) is 5.95. The van der Waals surface area contributed by atoms with Gasteiger partial charge in [-0.05, 0) is 49.2 Å². The number of hydrogen-bond donors (Lipinski definition) is 1. The van der Waals surface area contributed by atoms with Crippen LogP contribution < -0.4 is 15.0 Å². The van der Waals surface area contributed by atoms with Crippen molar-refractivity contribution >= 4 is 21.6 Å². The monoisotopic (exact) mass is 435 g/mol. The lowest BCUT2D eigenvalue weighted by molar-refractivity contribution is 0.170. The fourth-order valence-corrected chi connectivity index (χ4v) is 5.48. The van der Waals surface area contributed by atoms with E-state index in [-0.39, 0.29) is 11.6 Å². The highest BCUT2D eigenvalue weighted by atomic mass is 32.1. The summed E-state index contributed by atoms with van der Waals surface area (Å²) in [5.74, 6) is 2.99. The molecule has 0 radical (unpaired) electrons. The first-order chi connectivity index (χ1) is 15.3. The first-order valence-corrected chi connectivity index (χ1v) is 11.3. The second-order valence-corrected chi connectivity index (χ2v) is 8.71. The van der Waals surface area contributed by atoms with Crippen LogP contribution in [0.5, 0.6) is 11.5 Å². The van der Waals surface area contributed by atoms with Gasteiger partial charge in [0.2, 0.25) is 0 Å². The molecular weight excluding hydrogens is 414 g/mol. The fraction of sp³-hybridized carbons (Fsp3) is 0.304. The van der Waals surface area contributed by atoms with Gasteiger partial charge in [0, 0.05) is 17.0 Å². The molecule has 0 spiro atoms. The maximum Gasteiger partial charge on any atom is 0.260 e. The zero-order valence-electron chi connectivity index (χ0n) is 16.8. The molecule has 3 aromatic heterocycles. The lowest BCUT2D eigenvalue weighted by Gasteiger charge is -2.26. The van der Waals surface area contributed by atoms with Crippen LogP contribution in [0.2, 0.25) is 0 Å². The van der Waals surface area contributed by atoms with Crippen molar-refractivity contribution in [1.29, 1.82) is 0 Å². The number of hydrogen-bond acceptors (Lipinski definition) is 7. The first kappa shape index (κ1) is 18.7. The van der Waals surface area contributed by atoms with Gasteiger partial charge < -0.3 is 18.9 Å². The summed E-state index contributed by atoms with van der Waals surface area (Å²) in [5, 5.41) is 2.53. The molecule has 5 heterocycles. The summed E-state index contributed by atoms with van der Waals surface area (Å²) in [6.07, 6.45) is 3.78. The maximum absolute atomic E-state index is 12.9. The molecule has 2 aliphatic rings. The van der Waals surface area contributed by atoms with Crippen molar-refractivity contribution in [2.24, 2.45) is 0 Å². The van der Waals surface area contributed by atoms with Gasteiger partial charge in [0.15, 0.2) is 11.5 Å². The highest BCUT2D eigenvalue weighted by molar-refractivity contribution is 7.17. The number of furan rings is 1. The molecule has 4 aromatic rings. The van der Waals surface area contributed by atoms with E-state index in [1.54, 1.807) is 6.26 Å². The summed E-state index contributed by atoms with van der Waals surface area (Å²) in [6, 6.07) is 10.1. The van der Waals surface area contributed by atoms with Gasteiger partial charge >= 0.3 is 0 Å². The number of thiophene rings is 1. The van der Waals surface area contributed by atoms with Gasteiger partial charge in [0.25, 0.3) is 5.56 Å². The molecule has 31 heavy (non-hydrogen) atoms. The normalized spacial score (nSPS) is 18.6. The topological polar surface area (TPSA) is 80.6 Å². The zero-order chi connectivity index (χ0) is 20.8. The number of likely N-dealkylation sites (tertiary alicyclic amines) is 1. The molecule has 0 bridgehead atoms. The Morgan fingerprint density at radius 3 is 2.97 bits per heavy atom. The van der Waals surface area contributed by atoms with E-state index in [0.717, 1.165) is 41.3 Å². The van der Waals surface area contributed by atoms with Crippen LogP contribution in [0.3, 0.4) is 0 Å². The Bertz CT molecular complexity index is 1290. The molecule has 1 N–H and O–H groups in total. The van der Waals surface area contributed by atoms with Crippen LogP contribution in [0, 0.1) is 0 Å². The van der Waals surface area contributed by atoms with Crippen LogP contribution in [0.1, 0.15) is 30.3 Å². The summed E-state index contributed by atoms with van der Waals surface area (Å²) in [5.41, 5.74) is 1.88. The minimum atomic E-state index is -0.122. The molecule has 1 atom stereocenters. The fourth-order valence-electron chi connectivity index (χ4n) is 4.53. The molecule has 0 unspecified atom stereocenters. The molecule has 8 heteroatoms. The maximum atomic E-state index is 12.9. The Morgan fingerprint density at radius 1 is 1.19 bits per heavy atom. The smallest absolute Gasteiger partial charge is 0.260 e. The van der Waals surface area contributed by atoms with Crippen molar-refractivity contribution < 1.29 is 13.9 Å². The Kier molecular flexibility index (Phi) is 4.54. The van der Waals surface area contributed by atoms with Crippen LogP contribution in [0.15, 0.2) is 51.2 Å². The largest absolute Gasteiger partial charge is 0.486 e. The van der Waals surface area contributed by atoms with Crippen LogP contribution in [0.25, 0.3) is 21.5 Å². The van der Waals surface area contributed by atoms with E-state index < -0.39 is 0 Å². The third-order valence-corrected chi connectivity index (χ3v) is 6.82. The predicted molar refractivity (Wildman–Crippen MR) is 118 cm³/mol. The predicted octanol–water partition coefficient (Wildman–Crippen LogP) is 4.35. The van der Waals surface area contributed by atoms with Crippen molar-refractivity contribution in [2.75, 3.05) is 19.8 Å². The Labute approximate surface area is 182 Å². The summed E-state index contributed by atoms with van der Waals surface area (Å²) >= 11 is 1.47. The van der Waals surface area contributed by atoms with Gasteiger partial charge in [-0.1, -0.05) is 6.07 Å². The highest BCUT2D eigenvalue weighted by Crippen LogP contribution is 2.38. The number of ether oxygens (including phenoxy) is 2. The summed E-state index contributed by atoms with van der Waals surface area (Å²) < 4.78 is 16.9. The second-order valence-electron chi connectivity index (χ2n) is 7.85. The van der Waals surface area contributed by atoms with Gasteiger partial charge in [0.05, 0.1) is 18.2 Å². The SMILES string of the molecule is O=c1[nH]c(CN2CCC[C@@H]2c2ccc3c(c2)OCCO3)nc2scc(-c3ccco3)c12.